The van der Waals surface area contributed by atoms with E-state index in [1.165, 1.54) is 12.4 Å². The first kappa shape index (κ1) is 14.5. The highest BCUT2D eigenvalue weighted by Gasteiger charge is 2.60. The van der Waals surface area contributed by atoms with Crippen LogP contribution in [0.3, 0.4) is 0 Å². The van der Waals surface area contributed by atoms with Crippen molar-refractivity contribution in [3.63, 3.8) is 0 Å². The van der Waals surface area contributed by atoms with Crippen molar-refractivity contribution in [2.24, 2.45) is 5.41 Å². The Labute approximate surface area is 116 Å². The molecule has 0 aromatic carbocycles. The molecule has 1 aliphatic rings. The SMILES string of the molecule is O=C(Cc1cncc(Br)c1)C1(C(F)(F)F)CCNC1. The first-order chi connectivity index (χ1) is 8.85. The number of alkyl halides is 3. The summed E-state index contributed by atoms with van der Waals surface area (Å²) >= 11 is 3.18. The van der Waals surface area contributed by atoms with Crippen molar-refractivity contribution in [1.82, 2.24) is 10.3 Å². The first-order valence-electron chi connectivity index (χ1n) is 5.75. The van der Waals surface area contributed by atoms with Crippen LogP contribution in [0.1, 0.15) is 12.0 Å². The lowest BCUT2D eigenvalue weighted by atomic mass is 9.79. The Hall–Kier alpha value is -0.950. The van der Waals surface area contributed by atoms with Crippen LogP contribution >= 0.6 is 15.9 Å². The minimum Gasteiger partial charge on any atom is -0.315 e. The number of Topliss-reactive ketones (excluding diaryl/α,β-unsaturated/α-hetero) is 1. The molecule has 1 aromatic heterocycles. The second-order valence-corrected chi connectivity index (χ2v) is 5.53. The normalized spacial score (nSPS) is 23.6. The molecule has 0 amide bonds. The van der Waals surface area contributed by atoms with Crippen LogP contribution in [0.2, 0.25) is 0 Å². The summed E-state index contributed by atoms with van der Waals surface area (Å²) in [5.74, 6) is -0.801. The van der Waals surface area contributed by atoms with Crippen LogP contribution in [0.25, 0.3) is 0 Å². The van der Waals surface area contributed by atoms with Gasteiger partial charge in [0.05, 0.1) is 0 Å². The summed E-state index contributed by atoms with van der Waals surface area (Å²) in [5.41, 5.74) is -1.77. The number of hydrogen-bond acceptors (Lipinski definition) is 3. The highest BCUT2D eigenvalue weighted by atomic mass is 79.9. The van der Waals surface area contributed by atoms with Gasteiger partial charge in [0, 0.05) is 29.8 Å². The third-order valence-corrected chi connectivity index (χ3v) is 3.79. The molecule has 1 atom stereocenters. The first-order valence-corrected chi connectivity index (χ1v) is 6.55. The maximum atomic E-state index is 13.2. The fraction of sp³-hybridized carbons (Fsp3) is 0.500. The van der Waals surface area contributed by atoms with Gasteiger partial charge in [-0.1, -0.05) is 0 Å². The van der Waals surface area contributed by atoms with Crippen molar-refractivity contribution >= 4 is 21.7 Å². The summed E-state index contributed by atoms with van der Waals surface area (Å²) in [6.07, 6.45) is -2.04. The maximum Gasteiger partial charge on any atom is 0.402 e. The third-order valence-electron chi connectivity index (χ3n) is 3.36. The molecule has 2 heterocycles. The standard InChI is InChI=1S/C12H12BrF3N2O/c13-9-3-8(5-18-6-9)4-10(19)11(12(14,15)16)1-2-17-7-11/h3,5-6,17H,1-2,4,7H2. The van der Waals surface area contributed by atoms with Crippen molar-refractivity contribution in [3.05, 3.63) is 28.5 Å². The molecule has 2 rings (SSSR count). The average Bonchev–Trinajstić information content (AvgIpc) is 2.78. The average molecular weight is 337 g/mol. The zero-order valence-electron chi connectivity index (χ0n) is 9.93. The van der Waals surface area contributed by atoms with E-state index in [2.05, 4.69) is 26.2 Å². The number of carbonyl (C=O) groups excluding carboxylic acids is 1. The van der Waals surface area contributed by atoms with Crippen LogP contribution in [0, 0.1) is 5.41 Å². The Balaban J connectivity index is 2.22. The summed E-state index contributed by atoms with van der Waals surface area (Å²) in [4.78, 5) is 15.9. The van der Waals surface area contributed by atoms with Crippen LogP contribution in [-0.4, -0.2) is 30.0 Å². The molecule has 104 valence electrons. The molecule has 1 aliphatic heterocycles. The van der Waals surface area contributed by atoms with Gasteiger partial charge in [-0.05, 0) is 40.5 Å². The molecule has 0 bridgehead atoms. The van der Waals surface area contributed by atoms with Gasteiger partial charge < -0.3 is 5.32 Å². The highest BCUT2D eigenvalue weighted by Crippen LogP contribution is 2.44. The Morgan fingerprint density at radius 1 is 1.47 bits per heavy atom. The van der Waals surface area contributed by atoms with Crippen molar-refractivity contribution < 1.29 is 18.0 Å². The number of aromatic nitrogens is 1. The lowest BCUT2D eigenvalue weighted by Gasteiger charge is -2.29. The summed E-state index contributed by atoms with van der Waals surface area (Å²) in [7, 11) is 0. The number of hydrogen-bond donors (Lipinski definition) is 1. The van der Waals surface area contributed by atoms with Crippen LogP contribution < -0.4 is 5.32 Å². The van der Waals surface area contributed by atoms with Crippen LogP contribution in [0.15, 0.2) is 22.9 Å². The van der Waals surface area contributed by atoms with E-state index < -0.39 is 17.4 Å². The Morgan fingerprint density at radius 2 is 2.21 bits per heavy atom. The fourth-order valence-corrected chi connectivity index (χ4v) is 2.65. The van der Waals surface area contributed by atoms with Gasteiger partial charge in [-0.25, -0.2) is 0 Å². The van der Waals surface area contributed by atoms with E-state index in [0.717, 1.165) is 0 Å². The molecule has 19 heavy (non-hydrogen) atoms. The minimum atomic E-state index is -4.52. The molecular formula is C12H12BrF3N2O. The zero-order valence-corrected chi connectivity index (χ0v) is 11.5. The summed E-state index contributed by atoms with van der Waals surface area (Å²) in [5, 5.41) is 2.63. The van der Waals surface area contributed by atoms with E-state index in [0.29, 0.717) is 10.0 Å². The maximum absolute atomic E-state index is 13.2. The molecule has 1 fully saturated rings. The number of pyridine rings is 1. The number of nitrogens with zero attached hydrogens (tertiary/aromatic N) is 1. The number of ketones is 1. The molecule has 7 heteroatoms. The zero-order chi connectivity index (χ0) is 14.1. The molecule has 1 unspecified atom stereocenters. The van der Waals surface area contributed by atoms with E-state index in [-0.39, 0.29) is 25.9 Å². The van der Waals surface area contributed by atoms with Crippen molar-refractivity contribution in [1.29, 1.82) is 0 Å². The molecule has 3 nitrogen and oxygen atoms in total. The lowest BCUT2D eigenvalue weighted by Crippen LogP contribution is -2.47. The van der Waals surface area contributed by atoms with Gasteiger partial charge in [0.15, 0.2) is 5.78 Å². The summed E-state index contributed by atoms with van der Waals surface area (Å²) in [6.45, 7) is -0.126. The van der Waals surface area contributed by atoms with Gasteiger partial charge in [0.25, 0.3) is 0 Å². The molecule has 1 aromatic rings. The van der Waals surface area contributed by atoms with Crippen molar-refractivity contribution in [3.8, 4) is 0 Å². The van der Waals surface area contributed by atoms with Gasteiger partial charge in [-0.3, -0.25) is 9.78 Å². The molecule has 0 spiro atoms. The Kier molecular flexibility index (Phi) is 3.96. The van der Waals surface area contributed by atoms with Crippen LogP contribution in [0.5, 0.6) is 0 Å². The van der Waals surface area contributed by atoms with Gasteiger partial charge in [0.1, 0.15) is 5.41 Å². The second kappa shape index (κ2) is 5.20. The molecule has 0 aliphatic carbocycles. The number of rotatable bonds is 3. The Bertz CT molecular complexity index is 484. The van der Waals surface area contributed by atoms with Gasteiger partial charge in [-0.15, -0.1) is 0 Å². The molecule has 0 radical (unpaired) electrons. The quantitative estimate of drug-likeness (QED) is 0.922. The van der Waals surface area contributed by atoms with Crippen LogP contribution in [0.4, 0.5) is 13.2 Å². The Morgan fingerprint density at radius 3 is 2.74 bits per heavy atom. The summed E-state index contributed by atoms with van der Waals surface area (Å²) in [6, 6.07) is 1.61. The largest absolute Gasteiger partial charge is 0.402 e. The lowest BCUT2D eigenvalue weighted by molar-refractivity contribution is -0.214. The third kappa shape index (κ3) is 2.81. The van der Waals surface area contributed by atoms with E-state index in [9.17, 15) is 18.0 Å². The van der Waals surface area contributed by atoms with Gasteiger partial charge in [0.2, 0.25) is 0 Å². The number of halogens is 4. The fourth-order valence-electron chi connectivity index (χ4n) is 2.24. The molecule has 1 saturated heterocycles. The predicted octanol–water partition coefficient (Wildman–Crippen LogP) is 2.50. The van der Waals surface area contributed by atoms with Gasteiger partial charge in [-0.2, -0.15) is 13.2 Å². The molecular weight excluding hydrogens is 325 g/mol. The van der Waals surface area contributed by atoms with Crippen molar-refractivity contribution in [2.75, 3.05) is 13.1 Å². The highest BCUT2D eigenvalue weighted by molar-refractivity contribution is 9.10. The number of nitrogens with one attached hydrogen (secondary N) is 1. The minimum absolute atomic E-state index is 0.198. The smallest absolute Gasteiger partial charge is 0.315 e. The molecule has 1 N–H and O–H groups in total. The second-order valence-electron chi connectivity index (χ2n) is 4.62. The van der Waals surface area contributed by atoms with Crippen molar-refractivity contribution in [2.45, 2.75) is 19.0 Å². The predicted molar refractivity (Wildman–Crippen MR) is 66.6 cm³/mol. The van der Waals surface area contributed by atoms with Crippen LogP contribution in [-0.2, 0) is 11.2 Å². The monoisotopic (exact) mass is 336 g/mol. The van der Waals surface area contributed by atoms with E-state index in [1.54, 1.807) is 6.07 Å². The molecule has 0 saturated carbocycles. The van der Waals surface area contributed by atoms with E-state index in [4.69, 9.17) is 0 Å². The van der Waals surface area contributed by atoms with E-state index in [1.807, 2.05) is 0 Å². The summed E-state index contributed by atoms with van der Waals surface area (Å²) < 4.78 is 40.1. The topological polar surface area (TPSA) is 42.0 Å². The van der Waals surface area contributed by atoms with E-state index >= 15 is 0 Å². The van der Waals surface area contributed by atoms with Gasteiger partial charge >= 0.3 is 6.18 Å². The number of carbonyl (C=O) groups is 1.